The van der Waals surface area contributed by atoms with Gasteiger partial charge in [-0.15, -0.1) is 0 Å². The van der Waals surface area contributed by atoms with E-state index in [1.54, 1.807) is 0 Å². The zero-order chi connectivity index (χ0) is 13.8. The number of ether oxygens (including phenoxy) is 2. The first-order chi connectivity index (χ1) is 9.80. The fraction of sp³-hybridized carbons (Fsp3) is 0.857. The van der Waals surface area contributed by atoms with Crippen LogP contribution in [0.3, 0.4) is 0 Å². The first kappa shape index (κ1) is 14.0. The van der Waals surface area contributed by atoms with Crippen molar-refractivity contribution >= 4 is 0 Å². The highest BCUT2D eigenvalue weighted by Gasteiger charge is 2.39. The fourth-order valence-electron chi connectivity index (χ4n) is 2.82. The lowest BCUT2D eigenvalue weighted by molar-refractivity contribution is -0.186. The quantitative estimate of drug-likeness (QED) is 0.819. The van der Waals surface area contributed by atoms with E-state index in [1.165, 1.54) is 0 Å². The number of hydrogen-bond acceptors (Lipinski definition) is 6. The van der Waals surface area contributed by atoms with Gasteiger partial charge in [0.1, 0.15) is 0 Å². The summed E-state index contributed by atoms with van der Waals surface area (Å²) in [5.74, 6) is 1.25. The van der Waals surface area contributed by atoms with Crippen molar-refractivity contribution in [2.45, 2.75) is 51.4 Å². The standard InChI is InChI=1S/C14H23N3O3/c1-2-3-4-12-15-13(20-16-12)11-17-7-5-14(6-8-17)18-9-10-19-14/h2-11H2,1H3. The first-order valence-corrected chi connectivity index (χ1v) is 7.61. The molecule has 0 saturated carbocycles. The van der Waals surface area contributed by atoms with Crippen LogP contribution in [-0.2, 0) is 22.4 Å². The van der Waals surface area contributed by atoms with Gasteiger partial charge in [-0.05, 0) is 6.42 Å². The Morgan fingerprint density at radius 3 is 2.65 bits per heavy atom. The number of unbranched alkanes of at least 4 members (excludes halogenated alkanes) is 1. The number of rotatable bonds is 5. The van der Waals surface area contributed by atoms with Crippen molar-refractivity contribution in [3.8, 4) is 0 Å². The third-order valence-corrected chi connectivity index (χ3v) is 4.05. The van der Waals surface area contributed by atoms with E-state index in [-0.39, 0.29) is 5.79 Å². The van der Waals surface area contributed by atoms with E-state index in [1.807, 2.05) is 0 Å². The molecule has 0 amide bonds. The second-order valence-electron chi connectivity index (χ2n) is 5.59. The lowest BCUT2D eigenvalue weighted by Crippen LogP contribution is -2.44. The molecule has 20 heavy (non-hydrogen) atoms. The van der Waals surface area contributed by atoms with Crippen LogP contribution >= 0.6 is 0 Å². The minimum atomic E-state index is -0.308. The van der Waals surface area contributed by atoms with Gasteiger partial charge in [0, 0.05) is 32.4 Å². The summed E-state index contributed by atoms with van der Waals surface area (Å²) >= 11 is 0. The van der Waals surface area contributed by atoms with Crippen molar-refractivity contribution in [3.63, 3.8) is 0 Å². The Hall–Kier alpha value is -0.980. The number of hydrogen-bond donors (Lipinski definition) is 0. The van der Waals surface area contributed by atoms with Crippen molar-refractivity contribution in [1.29, 1.82) is 0 Å². The average molecular weight is 281 g/mol. The molecule has 0 aliphatic carbocycles. The molecule has 0 atom stereocenters. The smallest absolute Gasteiger partial charge is 0.240 e. The van der Waals surface area contributed by atoms with Crippen LogP contribution < -0.4 is 0 Å². The third kappa shape index (κ3) is 3.19. The summed E-state index contributed by atoms with van der Waals surface area (Å²) in [5, 5.41) is 4.03. The Balaban J connectivity index is 1.48. The highest BCUT2D eigenvalue weighted by atomic mass is 16.7. The van der Waals surface area contributed by atoms with Crippen LogP contribution in [0, 0.1) is 0 Å². The van der Waals surface area contributed by atoms with Crippen molar-refractivity contribution in [2.24, 2.45) is 0 Å². The summed E-state index contributed by atoms with van der Waals surface area (Å²) in [4.78, 5) is 6.78. The summed E-state index contributed by atoms with van der Waals surface area (Å²) < 4.78 is 16.8. The Bertz CT molecular complexity index is 419. The van der Waals surface area contributed by atoms with Gasteiger partial charge in [-0.1, -0.05) is 18.5 Å². The molecule has 2 aliphatic rings. The molecule has 0 unspecified atom stereocenters. The molecule has 0 radical (unpaired) electrons. The summed E-state index contributed by atoms with van der Waals surface area (Å²) in [6.45, 7) is 6.25. The fourth-order valence-corrected chi connectivity index (χ4v) is 2.82. The Morgan fingerprint density at radius 1 is 1.20 bits per heavy atom. The molecule has 1 aromatic heterocycles. The average Bonchev–Trinajstić information content (AvgIpc) is 3.09. The number of aryl methyl sites for hydroxylation is 1. The van der Waals surface area contributed by atoms with Gasteiger partial charge in [0.05, 0.1) is 19.8 Å². The van der Waals surface area contributed by atoms with Gasteiger partial charge in [0.15, 0.2) is 11.6 Å². The van der Waals surface area contributed by atoms with Gasteiger partial charge >= 0.3 is 0 Å². The van der Waals surface area contributed by atoms with Crippen LogP contribution in [0.25, 0.3) is 0 Å². The number of piperidine rings is 1. The van der Waals surface area contributed by atoms with Crippen molar-refractivity contribution in [2.75, 3.05) is 26.3 Å². The molecule has 1 aromatic rings. The Kier molecular flexibility index (Phi) is 4.33. The normalized spacial score (nSPS) is 22.6. The summed E-state index contributed by atoms with van der Waals surface area (Å²) in [6.07, 6.45) is 5.01. The Labute approximate surface area is 119 Å². The van der Waals surface area contributed by atoms with Gasteiger partial charge < -0.3 is 14.0 Å². The van der Waals surface area contributed by atoms with E-state index in [9.17, 15) is 0 Å². The van der Waals surface area contributed by atoms with Gasteiger partial charge in [0.2, 0.25) is 5.89 Å². The van der Waals surface area contributed by atoms with Gasteiger partial charge in [-0.25, -0.2) is 0 Å². The first-order valence-electron chi connectivity index (χ1n) is 7.61. The molecule has 112 valence electrons. The molecule has 1 spiro atoms. The van der Waals surface area contributed by atoms with Crippen molar-refractivity contribution in [1.82, 2.24) is 15.0 Å². The lowest BCUT2D eigenvalue weighted by Gasteiger charge is -2.36. The SMILES string of the molecule is CCCCc1noc(CN2CCC3(CC2)OCCO3)n1. The molecule has 0 aromatic carbocycles. The zero-order valence-electron chi connectivity index (χ0n) is 12.1. The van der Waals surface area contributed by atoms with E-state index < -0.39 is 0 Å². The molecule has 6 heteroatoms. The molecule has 2 fully saturated rings. The van der Waals surface area contributed by atoms with E-state index in [0.29, 0.717) is 0 Å². The van der Waals surface area contributed by atoms with Crippen molar-refractivity contribution < 1.29 is 14.0 Å². The minimum absolute atomic E-state index is 0.308. The van der Waals surface area contributed by atoms with Gasteiger partial charge in [-0.3, -0.25) is 4.90 Å². The van der Waals surface area contributed by atoms with Crippen LogP contribution in [0.15, 0.2) is 4.52 Å². The number of aromatic nitrogens is 2. The summed E-state index contributed by atoms with van der Waals surface area (Å²) in [7, 11) is 0. The molecular weight excluding hydrogens is 258 g/mol. The number of likely N-dealkylation sites (tertiary alicyclic amines) is 1. The van der Waals surface area contributed by atoms with Crippen LogP contribution in [0.2, 0.25) is 0 Å². The van der Waals surface area contributed by atoms with Crippen LogP contribution in [0.1, 0.15) is 44.3 Å². The topological polar surface area (TPSA) is 60.6 Å². The second kappa shape index (κ2) is 6.20. The van der Waals surface area contributed by atoms with Crippen LogP contribution in [0.5, 0.6) is 0 Å². The van der Waals surface area contributed by atoms with E-state index in [2.05, 4.69) is 22.0 Å². The largest absolute Gasteiger partial charge is 0.347 e. The minimum Gasteiger partial charge on any atom is -0.347 e. The molecule has 0 bridgehead atoms. The Morgan fingerprint density at radius 2 is 1.95 bits per heavy atom. The highest BCUT2D eigenvalue weighted by Crippen LogP contribution is 2.31. The zero-order valence-corrected chi connectivity index (χ0v) is 12.1. The highest BCUT2D eigenvalue weighted by molar-refractivity contribution is 4.89. The maximum Gasteiger partial charge on any atom is 0.240 e. The van der Waals surface area contributed by atoms with Crippen LogP contribution in [0.4, 0.5) is 0 Å². The van der Waals surface area contributed by atoms with E-state index in [0.717, 1.165) is 76.7 Å². The van der Waals surface area contributed by atoms with Crippen molar-refractivity contribution in [3.05, 3.63) is 11.7 Å². The predicted molar refractivity (Wildman–Crippen MR) is 72.1 cm³/mol. The third-order valence-electron chi connectivity index (χ3n) is 4.05. The predicted octanol–water partition coefficient (Wildman–Crippen LogP) is 1.75. The molecule has 6 nitrogen and oxygen atoms in total. The summed E-state index contributed by atoms with van der Waals surface area (Å²) in [6, 6.07) is 0. The molecule has 3 rings (SSSR count). The molecular formula is C14H23N3O3. The molecule has 2 aliphatic heterocycles. The number of nitrogens with zero attached hydrogens (tertiary/aromatic N) is 3. The summed E-state index contributed by atoms with van der Waals surface area (Å²) in [5.41, 5.74) is 0. The van der Waals surface area contributed by atoms with E-state index >= 15 is 0 Å². The van der Waals surface area contributed by atoms with Gasteiger partial charge in [-0.2, -0.15) is 4.98 Å². The molecule has 3 heterocycles. The monoisotopic (exact) mass is 281 g/mol. The van der Waals surface area contributed by atoms with E-state index in [4.69, 9.17) is 14.0 Å². The molecule has 0 N–H and O–H groups in total. The lowest BCUT2D eigenvalue weighted by atomic mass is 10.0. The maximum absolute atomic E-state index is 5.73. The second-order valence-corrected chi connectivity index (χ2v) is 5.59. The van der Waals surface area contributed by atoms with Gasteiger partial charge in [0.25, 0.3) is 0 Å². The maximum atomic E-state index is 5.73. The molecule has 2 saturated heterocycles. The van der Waals surface area contributed by atoms with Crippen LogP contribution in [-0.4, -0.2) is 47.1 Å².